The molecular formula is C19H23F2N5O3S. The van der Waals surface area contributed by atoms with Crippen LogP contribution < -0.4 is 10.6 Å². The Hall–Kier alpha value is -2.40. The highest BCUT2D eigenvalue weighted by atomic mass is 32.2. The quantitative estimate of drug-likeness (QED) is 0.756. The first-order valence-corrected chi connectivity index (χ1v) is 11.6. The summed E-state index contributed by atoms with van der Waals surface area (Å²) in [6.45, 7) is 2.00. The number of morpholine rings is 1. The van der Waals surface area contributed by atoms with Gasteiger partial charge in [0, 0.05) is 36.7 Å². The number of halogens is 2. The first-order chi connectivity index (χ1) is 14.2. The number of pyridine rings is 1. The van der Waals surface area contributed by atoms with Gasteiger partial charge in [0.25, 0.3) is 6.43 Å². The number of nitrogens with zero attached hydrogens (tertiary/aromatic N) is 4. The molecule has 2 N–H and O–H groups in total. The molecule has 0 aromatic carbocycles. The van der Waals surface area contributed by atoms with Gasteiger partial charge in [0.15, 0.2) is 9.84 Å². The number of nitrogens with two attached hydrogens (primary N) is 1. The monoisotopic (exact) mass is 439 g/mol. The Morgan fingerprint density at radius 3 is 2.47 bits per heavy atom. The highest BCUT2D eigenvalue weighted by molar-refractivity contribution is 7.91. The second-order valence-electron chi connectivity index (χ2n) is 7.65. The SMILES string of the molecule is CS(=O)(=O)C1(c2cc(-c3cnc(N)cc3C(F)F)nc(N3CCOCC3)n2)CCC1. The van der Waals surface area contributed by atoms with Gasteiger partial charge in [0.2, 0.25) is 5.95 Å². The van der Waals surface area contributed by atoms with Crippen LogP contribution in [0.15, 0.2) is 18.3 Å². The lowest BCUT2D eigenvalue weighted by Gasteiger charge is -2.40. The fourth-order valence-electron chi connectivity index (χ4n) is 3.91. The molecule has 2 aliphatic rings. The molecule has 8 nitrogen and oxygen atoms in total. The van der Waals surface area contributed by atoms with Gasteiger partial charge in [-0.25, -0.2) is 32.2 Å². The van der Waals surface area contributed by atoms with Gasteiger partial charge >= 0.3 is 0 Å². The molecule has 1 saturated heterocycles. The summed E-state index contributed by atoms with van der Waals surface area (Å²) < 4.78 is 56.9. The van der Waals surface area contributed by atoms with E-state index in [0.717, 1.165) is 12.5 Å². The van der Waals surface area contributed by atoms with Crippen molar-refractivity contribution in [3.8, 4) is 11.3 Å². The third-order valence-electron chi connectivity index (χ3n) is 5.81. The minimum absolute atomic E-state index is 0.0247. The number of alkyl halides is 2. The van der Waals surface area contributed by atoms with Gasteiger partial charge in [-0.1, -0.05) is 0 Å². The predicted molar refractivity (Wildman–Crippen MR) is 108 cm³/mol. The maximum atomic E-state index is 13.7. The van der Waals surface area contributed by atoms with Crippen molar-refractivity contribution in [3.05, 3.63) is 29.6 Å². The van der Waals surface area contributed by atoms with Gasteiger partial charge in [-0.3, -0.25) is 0 Å². The molecule has 0 amide bonds. The lowest BCUT2D eigenvalue weighted by atomic mass is 9.81. The molecule has 1 aliphatic heterocycles. The Morgan fingerprint density at radius 1 is 1.20 bits per heavy atom. The van der Waals surface area contributed by atoms with Gasteiger partial charge in [0.05, 0.1) is 24.6 Å². The van der Waals surface area contributed by atoms with E-state index in [1.807, 2.05) is 4.90 Å². The average molecular weight is 439 g/mol. The second-order valence-corrected chi connectivity index (χ2v) is 9.98. The topological polar surface area (TPSA) is 111 Å². The lowest BCUT2D eigenvalue weighted by Crippen LogP contribution is -2.43. The molecule has 3 heterocycles. The van der Waals surface area contributed by atoms with Crippen molar-refractivity contribution in [3.63, 3.8) is 0 Å². The molecule has 0 radical (unpaired) electrons. The number of anilines is 2. The van der Waals surface area contributed by atoms with E-state index in [0.29, 0.717) is 50.8 Å². The van der Waals surface area contributed by atoms with Crippen LogP contribution in [0, 0.1) is 0 Å². The van der Waals surface area contributed by atoms with Crippen molar-refractivity contribution in [2.75, 3.05) is 43.2 Å². The highest BCUT2D eigenvalue weighted by Gasteiger charge is 2.49. The Morgan fingerprint density at radius 2 is 1.90 bits per heavy atom. The van der Waals surface area contributed by atoms with Crippen molar-refractivity contribution < 1.29 is 21.9 Å². The van der Waals surface area contributed by atoms with E-state index < -0.39 is 21.0 Å². The molecule has 1 aliphatic carbocycles. The van der Waals surface area contributed by atoms with Crippen LogP contribution in [-0.4, -0.2) is 55.9 Å². The van der Waals surface area contributed by atoms with Gasteiger partial charge in [-0.15, -0.1) is 0 Å². The molecule has 0 atom stereocenters. The molecule has 30 heavy (non-hydrogen) atoms. The normalized spacial score (nSPS) is 19.0. The predicted octanol–water partition coefficient (Wildman–Crippen LogP) is 2.32. The number of hydrogen-bond donors (Lipinski definition) is 1. The largest absolute Gasteiger partial charge is 0.384 e. The maximum absolute atomic E-state index is 13.7. The molecule has 2 aromatic rings. The Bertz CT molecular complexity index is 1050. The van der Waals surface area contributed by atoms with E-state index in [1.165, 1.54) is 18.5 Å². The highest BCUT2D eigenvalue weighted by Crippen LogP contribution is 2.48. The number of ether oxygens (including phenoxy) is 1. The molecule has 2 fully saturated rings. The van der Waals surface area contributed by atoms with E-state index in [4.69, 9.17) is 10.5 Å². The second kappa shape index (κ2) is 7.69. The summed E-state index contributed by atoms with van der Waals surface area (Å²) in [7, 11) is -3.48. The molecule has 4 rings (SSSR count). The number of hydrogen-bond acceptors (Lipinski definition) is 8. The molecule has 0 bridgehead atoms. The molecule has 1 saturated carbocycles. The summed E-state index contributed by atoms with van der Waals surface area (Å²) >= 11 is 0. The van der Waals surface area contributed by atoms with Gasteiger partial charge in [-0.2, -0.15) is 0 Å². The van der Waals surface area contributed by atoms with Crippen molar-refractivity contribution in [1.29, 1.82) is 0 Å². The molecule has 11 heteroatoms. The van der Waals surface area contributed by atoms with Crippen LogP contribution in [-0.2, 0) is 19.3 Å². The zero-order valence-corrected chi connectivity index (χ0v) is 17.3. The first-order valence-electron chi connectivity index (χ1n) is 9.67. The third kappa shape index (κ3) is 3.60. The summed E-state index contributed by atoms with van der Waals surface area (Å²) in [5.41, 5.74) is 5.95. The maximum Gasteiger partial charge on any atom is 0.264 e. The molecule has 0 unspecified atom stereocenters. The van der Waals surface area contributed by atoms with E-state index >= 15 is 0 Å². The summed E-state index contributed by atoms with van der Waals surface area (Å²) in [6.07, 6.45) is 1.28. The van der Waals surface area contributed by atoms with Crippen molar-refractivity contribution >= 4 is 21.6 Å². The van der Waals surface area contributed by atoms with Gasteiger partial charge in [0.1, 0.15) is 10.6 Å². The lowest BCUT2D eigenvalue weighted by molar-refractivity contribution is 0.122. The fourth-order valence-corrected chi connectivity index (χ4v) is 5.42. The number of aromatic nitrogens is 3. The Kier molecular flexibility index (Phi) is 5.35. The van der Waals surface area contributed by atoms with Crippen molar-refractivity contribution in [1.82, 2.24) is 15.0 Å². The Balaban J connectivity index is 1.91. The Labute approximate surface area is 173 Å². The standard InChI is InChI=1S/C19H23F2N5O3S/c1-30(27,28)19(3-2-4-19)15-10-14(13-11-23-16(22)9-12(13)17(20)21)24-18(25-15)26-5-7-29-8-6-26/h9-11,17H,2-8H2,1H3,(H2,22,23). The molecule has 0 spiro atoms. The first kappa shape index (κ1) is 20.9. The van der Waals surface area contributed by atoms with Crippen LogP contribution in [0.2, 0.25) is 0 Å². The van der Waals surface area contributed by atoms with Crippen LogP contribution in [0.25, 0.3) is 11.3 Å². The third-order valence-corrected chi connectivity index (χ3v) is 7.85. The minimum atomic E-state index is -3.48. The van der Waals surface area contributed by atoms with Crippen LogP contribution in [0.4, 0.5) is 20.5 Å². The summed E-state index contributed by atoms with van der Waals surface area (Å²) in [5.74, 6) is 0.279. The van der Waals surface area contributed by atoms with Crippen LogP contribution >= 0.6 is 0 Å². The van der Waals surface area contributed by atoms with E-state index in [2.05, 4.69) is 15.0 Å². The smallest absolute Gasteiger partial charge is 0.264 e. The van der Waals surface area contributed by atoms with E-state index in [9.17, 15) is 17.2 Å². The summed E-state index contributed by atoms with van der Waals surface area (Å²) in [4.78, 5) is 14.9. The van der Waals surface area contributed by atoms with Crippen LogP contribution in [0.5, 0.6) is 0 Å². The zero-order valence-electron chi connectivity index (χ0n) is 16.5. The van der Waals surface area contributed by atoms with Crippen LogP contribution in [0.1, 0.15) is 36.9 Å². The minimum Gasteiger partial charge on any atom is -0.384 e. The van der Waals surface area contributed by atoms with Crippen molar-refractivity contribution in [2.24, 2.45) is 0 Å². The fraction of sp³-hybridized carbons (Fsp3) is 0.526. The van der Waals surface area contributed by atoms with E-state index in [-0.39, 0.29) is 22.6 Å². The van der Waals surface area contributed by atoms with Gasteiger partial charge in [-0.05, 0) is 31.4 Å². The van der Waals surface area contributed by atoms with E-state index in [1.54, 1.807) is 0 Å². The van der Waals surface area contributed by atoms with Crippen LogP contribution in [0.3, 0.4) is 0 Å². The number of nitrogen functional groups attached to an aromatic ring is 1. The zero-order chi connectivity index (χ0) is 21.5. The molecular weight excluding hydrogens is 416 g/mol. The van der Waals surface area contributed by atoms with Gasteiger partial charge < -0.3 is 15.4 Å². The summed E-state index contributed by atoms with van der Waals surface area (Å²) in [6, 6.07) is 2.62. The van der Waals surface area contributed by atoms with Crippen molar-refractivity contribution in [2.45, 2.75) is 30.4 Å². The average Bonchev–Trinajstić information content (AvgIpc) is 2.66. The number of sulfone groups is 1. The number of rotatable bonds is 5. The summed E-state index contributed by atoms with van der Waals surface area (Å²) in [5, 5.41) is 0. The molecule has 162 valence electrons. The molecule has 2 aromatic heterocycles.